The molecule has 122 valence electrons. The van der Waals surface area contributed by atoms with E-state index < -0.39 is 0 Å². The van der Waals surface area contributed by atoms with Crippen molar-refractivity contribution in [2.24, 2.45) is 0 Å². The summed E-state index contributed by atoms with van der Waals surface area (Å²) in [5.74, 6) is 0.143. The van der Waals surface area contributed by atoms with Gasteiger partial charge in [-0.1, -0.05) is 6.92 Å². The molecule has 1 amide bonds. The summed E-state index contributed by atoms with van der Waals surface area (Å²) in [6.45, 7) is 7.31. The Labute approximate surface area is 128 Å². The van der Waals surface area contributed by atoms with Crippen molar-refractivity contribution in [2.75, 3.05) is 26.4 Å². The van der Waals surface area contributed by atoms with Gasteiger partial charge >= 0.3 is 0 Å². The summed E-state index contributed by atoms with van der Waals surface area (Å²) in [7, 11) is 0. The van der Waals surface area contributed by atoms with Crippen molar-refractivity contribution in [1.82, 2.24) is 10.6 Å². The van der Waals surface area contributed by atoms with Gasteiger partial charge in [-0.2, -0.15) is 0 Å². The lowest BCUT2D eigenvalue weighted by atomic mass is 9.84. The second-order valence-corrected chi connectivity index (χ2v) is 6.41. The minimum Gasteiger partial charge on any atom is -0.381 e. The Hall–Kier alpha value is -0.650. The monoisotopic (exact) mass is 298 g/mol. The molecule has 2 unspecified atom stereocenters. The van der Waals surface area contributed by atoms with Gasteiger partial charge in [0.2, 0.25) is 5.91 Å². The predicted octanol–water partition coefficient (Wildman–Crippen LogP) is 1.61. The fourth-order valence-corrected chi connectivity index (χ4v) is 3.13. The minimum atomic E-state index is 0.0210. The number of carbonyl (C=O) groups is 1. The van der Waals surface area contributed by atoms with Gasteiger partial charge in [-0.3, -0.25) is 4.79 Å². The zero-order chi connectivity index (χ0) is 15.1. The van der Waals surface area contributed by atoms with Crippen molar-refractivity contribution in [3.05, 3.63) is 0 Å². The van der Waals surface area contributed by atoms with Crippen LogP contribution >= 0.6 is 0 Å². The molecule has 21 heavy (non-hydrogen) atoms. The molecule has 0 aromatic carbocycles. The van der Waals surface area contributed by atoms with Gasteiger partial charge in [0.05, 0.1) is 5.60 Å². The molecule has 0 aromatic rings. The summed E-state index contributed by atoms with van der Waals surface area (Å²) in [5, 5.41) is 6.54. The summed E-state index contributed by atoms with van der Waals surface area (Å²) >= 11 is 0. The number of rotatable bonds is 6. The van der Waals surface area contributed by atoms with Gasteiger partial charge in [-0.05, 0) is 39.0 Å². The smallest absolute Gasteiger partial charge is 0.221 e. The highest BCUT2D eigenvalue weighted by Crippen LogP contribution is 2.34. The number of nitrogens with one attached hydrogen (secondary N) is 2. The Kier molecular flexibility index (Phi) is 6.45. The normalized spacial score (nSPS) is 26.5. The number of carbonyl (C=O) groups excluding carboxylic acids is 1. The second kappa shape index (κ2) is 8.11. The minimum absolute atomic E-state index is 0.0210. The molecule has 0 aromatic heterocycles. The SMILES string of the molecule is CCC(C)NC(=O)CCNC1CCOC2(CCOCC2)C1. The molecule has 0 radical (unpaired) electrons. The van der Waals surface area contributed by atoms with Crippen LogP contribution in [0.15, 0.2) is 0 Å². The zero-order valence-electron chi connectivity index (χ0n) is 13.5. The molecule has 5 nitrogen and oxygen atoms in total. The molecule has 2 atom stereocenters. The van der Waals surface area contributed by atoms with Crippen molar-refractivity contribution >= 4 is 5.91 Å². The number of amides is 1. The van der Waals surface area contributed by atoms with Gasteiger partial charge in [0.25, 0.3) is 0 Å². The summed E-state index contributed by atoms with van der Waals surface area (Å²) in [6.07, 6.45) is 5.61. The van der Waals surface area contributed by atoms with Crippen molar-refractivity contribution in [3.8, 4) is 0 Å². The number of ether oxygens (including phenoxy) is 2. The van der Waals surface area contributed by atoms with Crippen molar-refractivity contribution in [1.29, 1.82) is 0 Å². The van der Waals surface area contributed by atoms with E-state index in [-0.39, 0.29) is 17.6 Å². The Morgan fingerprint density at radius 1 is 1.33 bits per heavy atom. The first kappa shape index (κ1) is 16.7. The third kappa shape index (κ3) is 5.24. The predicted molar refractivity (Wildman–Crippen MR) is 82.3 cm³/mol. The molecular weight excluding hydrogens is 268 g/mol. The van der Waals surface area contributed by atoms with Crippen molar-refractivity contribution in [3.63, 3.8) is 0 Å². The van der Waals surface area contributed by atoms with E-state index in [9.17, 15) is 4.79 Å². The highest BCUT2D eigenvalue weighted by molar-refractivity contribution is 5.76. The molecule has 0 bridgehead atoms. The average Bonchev–Trinajstić information content (AvgIpc) is 2.48. The van der Waals surface area contributed by atoms with E-state index in [1.165, 1.54) is 0 Å². The third-order valence-corrected chi connectivity index (χ3v) is 4.70. The van der Waals surface area contributed by atoms with Crippen LogP contribution in [0.4, 0.5) is 0 Å². The van der Waals surface area contributed by atoms with E-state index >= 15 is 0 Å². The Bertz CT molecular complexity index is 324. The molecule has 2 heterocycles. The first-order valence-electron chi connectivity index (χ1n) is 8.38. The molecule has 2 saturated heterocycles. The van der Waals surface area contributed by atoms with Gasteiger partial charge in [0.15, 0.2) is 0 Å². The van der Waals surface area contributed by atoms with Crippen LogP contribution in [0, 0.1) is 0 Å². The van der Waals surface area contributed by atoms with Crippen LogP contribution in [0.5, 0.6) is 0 Å². The molecular formula is C16H30N2O3. The maximum absolute atomic E-state index is 11.8. The Morgan fingerprint density at radius 2 is 2.10 bits per heavy atom. The van der Waals surface area contributed by atoms with Crippen LogP contribution in [0.3, 0.4) is 0 Å². The first-order chi connectivity index (χ1) is 10.1. The quantitative estimate of drug-likeness (QED) is 0.782. The molecule has 5 heteroatoms. The molecule has 2 aliphatic rings. The van der Waals surface area contributed by atoms with Gasteiger partial charge in [0, 0.05) is 44.9 Å². The summed E-state index contributed by atoms with van der Waals surface area (Å²) < 4.78 is 11.5. The van der Waals surface area contributed by atoms with Crippen molar-refractivity contribution < 1.29 is 14.3 Å². The molecule has 2 aliphatic heterocycles. The Morgan fingerprint density at radius 3 is 2.81 bits per heavy atom. The fraction of sp³-hybridized carbons (Fsp3) is 0.938. The average molecular weight is 298 g/mol. The molecule has 2 N–H and O–H groups in total. The first-order valence-corrected chi connectivity index (χ1v) is 8.38. The van der Waals surface area contributed by atoms with E-state index in [0.29, 0.717) is 12.5 Å². The molecule has 2 rings (SSSR count). The van der Waals surface area contributed by atoms with E-state index in [1.54, 1.807) is 0 Å². The molecule has 0 saturated carbocycles. The van der Waals surface area contributed by atoms with Crippen LogP contribution in [-0.4, -0.2) is 50.0 Å². The number of hydrogen-bond donors (Lipinski definition) is 2. The van der Waals surface area contributed by atoms with Crippen LogP contribution in [0.25, 0.3) is 0 Å². The van der Waals surface area contributed by atoms with Gasteiger partial charge < -0.3 is 20.1 Å². The van der Waals surface area contributed by atoms with Crippen molar-refractivity contribution in [2.45, 2.75) is 70.1 Å². The van der Waals surface area contributed by atoms with E-state index in [4.69, 9.17) is 9.47 Å². The van der Waals surface area contributed by atoms with E-state index in [2.05, 4.69) is 17.6 Å². The summed E-state index contributed by atoms with van der Waals surface area (Å²) in [5.41, 5.74) is 0.0210. The van der Waals surface area contributed by atoms with Crippen LogP contribution < -0.4 is 10.6 Å². The van der Waals surface area contributed by atoms with Crippen LogP contribution in [0.2, 0.25) is 0 Å². The zero-order valence-corrected chi connectivity index (χ0v) is 13.5. The topological polar surface area (TPSA) is 59.6 Å². The largest absolute Gasteiger partial charge is 0.381 e. The summed E-state index contributed by atoms with van der Waals surface area (Å²) in [6, 6.07) is 0.735. The Balaban J connectivity index is 1.67. The van der Waals surface area contributed by atoms with E-state index in [0.717, 1.165) is 58.5 Å². The highest BCUT2D eigenvalue weighted by Gasteiger charge is 2.38. The molecule has 1 spiro atoms. The van der Waals surface area contributed by atoms with E-state index in [1.807, 2.05) is 6.92 Å². The lowest BCUT2D eigenvalue weighted by molar-refractivity contribution is -0.140. The molecule has 2 fully saturated rings. The summed E-state index contributed by atoms with van der Waals surface area (Å²) in [4.78, 5) is 11.8. The van der Waals surface area contributed by atoms with Gasteiger partial charge in [-0.15, -0.1) is 0 Å². The van der Waals surface area contributed by atoms with Gasteiger partial charge in [-0.25, -0.2) is 0 Å². The molecule has 0 aliphatic carbocycles. The van der Waals surface area contributed by atoms with Crippen LogP contribution in [0.1, 0.15) is 52.4 Å². The number of hydrogen-bond acceptors (Lipinski definition) is 4. The standard InChI is InChI=1S/C16H30N2O3/c1-3-13(2)18-15(19)4-8-17-14-5-9-21-16(12-14)6-10-20-11-7-16/h13-14,17H,3-12H2,1-2H3,(H,18,19). The van der Waals surface area contributed by atoms with Gasteiger partial charge in [0.1, 0.15) is 0 Å². The highest BCUT2D eigenvalue weighted by atomic mass is 16.5. The lowest BCUT2D eigenvalue weighted by Gasteiger charge is -2.43. The lowest BCUT2D eigenvalue weighted by Crippen LogP contribution is -2.50. The second-order valence-electron chi connectivity index (χ2n) is 6.41. The maximum Gasteiger partial charge on any atom is 0.221 e. The maximum atomic E-state index is 11.8. The fourth-order valence-electron chi connectivity index (χ4n) is 3.13. The van der Waals surface area contributed by atoms with Crippen LogP contribution in [-0.2, 0) is 14.3 Å². The third-order valence-electron chi connectivity index (χ3n) is 4.70.